The van der Waals surface area contributed by atoms with Gasteiger partial charge in [-0.25, -0.2) is 12.8 Å². The van der Waals surface area contributed by atoms with Gasteiger partial charge in [0, 0.05) is 29.5 Å². The molecule has 0 aliphatic rings. The van der Waals surface area contributed by atoms with Crippen molar-refractivity contribution in [1.82, 2.24) is 4.98 Å². The van der Waals surface area contributed by atoms with E-state index in [9.17, 15) is 12.8 Å². The molecule has 8 heteroatoms. The first-order chi connectivity index (χ1) is 9.44. The molecule has 0 atom stereocenters. The average molecular weight is 316 g/mol. The Morgan fingerprint density at radius 3 is 2.55 bits per heavy atom. The van der Waals surface area contributed by atoms with Crippen LogP contribution in [-0.4, -0.2) is 13.4 Å². The van der Waals surface area contributed by atoms with Crippen molar-refractivity contribution in [3.63, 3.8) is 0 Å². The van der Waals surface area contributed by atoms with Gasteiger partial charge < -0.3 is 5.73 Å². The summed E-state index contributed by atoms with van der Waals surface area (Å²) in [5.74, 6) is -0.904. The van der Waals surface area contributed by atoms with E-state index in [1.165, 1.54) is 30.6 Å². The van der Waals surface area contributed by atoms with E-state index in [0.29, 0.717) is 0 Å². The van der Waals surface area contributed by atoms with E-state index >= 15 is 0 Å². The van der Waals surface area contributed by atoms with E-state index in [4.69, 9.17) is 17.3 Å². The molecule has 5 nitrogen and oxygen atoms in total. The smallest absolute Gasteiger partial charge is 0.264 e. The number of nitrogens with zero attached hydrogens (tertiary/aromatic N) is 1. The van der Waals surface area contributed by atoms with Gasteiger partial charge in [0.2, 0.25) is 0 Å². The molecule has 1 aromatic heterocycles. The second-order valence-corrected chi connectivity index (χ2v) is 6.01. The minimum Gasteiger partial charge on any atom is -0.326 e. The van der Waals surface area contributed by atoms with Crippen molar-refractivity contribution < 1.29 is 12.8 Å². The van der Waals surface area contributed by atoms with Gasteiger partial charge in [-0.15, -0.1) is 0 Å². The SMILES string of the molecule is NCc1cc(Cl)cc(S(=O)(=O)Nc2ccncc2)c1F. The Morgan fingerprint density at radius 1 is 1.30 bits per heavy atom. The second-order valence-electron chi connectivity index (χ2n) is 3.92. The zero-order valence-electron chi connectivity index (χ0n) is 10.2. The van der Waals surface area contributed by atoms with Crippen LogP contribution in [0.4, 0.5) is 10.1 Å². The zero-order chi connectivity index (χ0) is 14.8. The Kier molecular flexibility index (Phi) is 4.22. The van der Waals surface area contributed by atoms with Crippen molar-refractivity contribution in [2.45, 2.75) is 11.4 Å². The molecule has 0 fully saturated rings. The van der Waals surface area contributed by atoms with Crippen LogP contribution in [0, 0.1) is 5.82 Å². The van der Waals surface area contributed by atoms with Crippen molar-refractivity contribution in [2.75, 3.05) is 4.72 Å². The third kappa shape index (κ3) is 3.06. The van der Waals surface area contributed by atoms with Gasteiger partial charge in [0.05, 0.1) is 5.69 Å². The highest BCUT2D eigenvalue weighted by Crippen LogP contribution is 2.25. The largest absolute Gasteiger partial charge is 0.326 e. The van der Waals surface area contributed by atoms with Gasteiger partial charge in [-0.05, 0) is 24.3 Å². The second kappa shape index (κ2) is 5.74. The molecular formula is C12H11ClFN3O2S. The van der Waals surface area contributed by atoms with Gasteiger partial charge in [-0.2, -0.15) is 0 Å². The fourth-order valence-electron chi connectivity index (χ4n) is 1.59. The number of halogens is 2. The van der Waals surface area contributed by atoms with Gasteiger partial charge in [0.25, 0.3) is 10.0 Å². The number of nitrogens with one attached hydrogen (secondary N) is 1. The number of anilines is 1. The lowest BCUT2D eigenvalue weighted by molar-refractivity contribution is 0.561. The fourth-order valence-corrected chi connectivity index (χ4v) is 3.10. The Bertz CT molecular complexity index is 723. The number of rotatable bonds is 4. The molecule has 1 heterocycles. The van der Waals surface area contributed by atoms with Crippen LogP contribution in [-0.2, 0) is 16.6 Å². The lowest BCUT2D eigenvalue weighted by Gasteiger charge is -2.11. The lowest BCUT2D eigenvalue weighted by Crippen LogP contribution is -2.16. The van der Waals surface area contributed by atoms with Crippen LogP contribution >= 0.6 is 11.6 Å². The van der Waals surface area contributed by atoms with Gasteiger partial charge in [-0.1, -0.05) is 11.6 Å². The number of sulfonamides is 1. The molecule has 0 spiro atoms. The lowest BCUT2D eigenvalue weighted by atomic mass is 10.2. The Labute approximate surface area is 120 Å². The number of hydrogen-bond acceptors (Lipinski definition) is 4. The third-order valence-corrected chi connectivity index (χ3v) is 4.12. The van der Waals surface area contributed by atoms with Crippen LogP contribution in [0.2, 0.25) is 5.02 Å². The van der Waals surface area contributed by atoms with Crippen LogP contribution in [0.3, 0.4) is 0 Å². The number of aromatic nitrogens is 1. The van der Waals surface area contributed by atoms with E-state index in [2.05, 4.69) is 9.71 Å². The summed E-state index contributed by atoms with van der Waals surface area (Å²) in [5.41, 5.74) is 5.67. The predicted octanol–water partition coefficient (Wildman–Crippen LogP) is 2.13. The maximum absolute atomic E-state index is 14.1. The van der Waals surface area contributed by atoms with Crippen LogP contribution in [0.5, 0.6) is 0 Å². The van der Waals surface area contributed by atoms with E-state index in [1.54, 1.807) is 0 Å². The van der Waals surface area contributed by atoms with Gasteiger partial charge in [0.1, 0.15) is 10.7 Å². The van der Waals surface area contributed by atoms with Crippen LogP contribution in [0.25, 0.3) is 0 Å². The molecule has 0 amide bonds. The number of hydrogen-bond donors (Lipinski definition) is 2. The standard InChI is InChI=1S/C12H11ClFN3O2S/c13-9-5-8(7-15)12(14)11(6-9)20(18,19)17-10-1-3-16-4-2-10/h1-6H,7,15H2,(H,16,17). The maximum Gasteiger partial charge on any atom is 0.264 e. The van der Waals surface area contributed by atoms with Crippen molar-refractivity contribution in [3.8, 4) is 0 Å². The highest BCUT2D eigenvalue weighted by Gasteiger charge is 2.22. The van der Waals surface area contributed by atoms with E-state index in [-0.39, 0.29) is 22.8 Å². The summed E-state index contributed by atoms with van der Waals surface area (Å²) in [6, 6.07) is 5.23. The molecule has 1 aromatic carbocycles. The topological polar surface area (TPSA) is 85.1 Å². The van der Waals surface area contributed by atoms with Gasteiger partial charge >= 0.3 is 0 Å². The molecule has 0 radical (unpaired) electrons. The molecular weight excluding hydrogens is 305 g/mol. The summed E-state index contributed by atoms with van der Waals surface area (Å²) < 4.78 is 40.7. The fraction of sp³-hybridized carbons (Fsp3) is 0.0833. The quantitative estimate of drug-likeness (QED) is 0.905. The molecule has 0 aliphatic carbocycles. The molecule has 3 N–H and O–H groups in total. The van der Waals surface area contributed by atoms with E-state index in [0.717, 1.165) is 6.07 Å². The van der Waals surface area contributed by atoms with Crippen molar-refractivity contribution in [3.05, 3.63) is 53.1 Å². The Morgan fingerprint density at radius 2 is 1.95 bits per heavy atom. The van der Waals surface area contributed by atoms with Gasteiger partial charge in [-0.3, -0.25) is 9.71 Å². The van der Waals surface area contributed by atoms with Crippen LogP contribution in [0.1, 0.15) is 5.56 Å². The van der Waals surface area contributed by atoms with Crippen molar-refractivity contribution in [1.29, 1.82) is 0 Å². The maximum atomic E-state index is 14.1. The van der Waals surface area contributed by atoms with Crippen LogP contribution < -0.4 is 10.5 Å². The molecule has 0 unspecified atom stereocenters. The molecule has 0 saturated heterocycles. The summed E-state index contributed by atoms with van der Waals surface area (Å²) in [7, 11) is -4.09. The van der Waals surface area contributed by atoms with Crippen molar-refractivity contribution >= 4 is 27.3 Å². The summed E-state index contributed by atoms with van der Waals surface area (Å²) in [4.78, 5) is 3.22. The molecule has 0 aliphatic heterocycles. The minimum absolute atomic E-state index is 0.0348. The molecule has 0 saturated carbocycles. The Hall–Kier alpha value is -1.70. The molecule has 106 valence electrons. The first-order valence-electron chi connectivity index (χ1n) is 5.55. The summed E-state index contributed by atoms with van der Waals surface area (Å²) in [5, 5.41) is 0.0990. The number of nitrogens with two attached hydrogens (primary N) is 1. The number of pyridine rings is 1. The Balaban J connectivity index is 2.47. The zero-order valence-corrected chi connectivity index (χ0v) is 11.7. The van der Waals surface area contributed by atoms with Gasteiger partial charge in [0.15, 0.2) is 0 Å². The average Bonchev–Trinajstić information content (AvgIpc) is 2.41. The number of benzene rings is 1. The monoisotopic (exact) mass is 315 g/mol. The summed E-state index contributed by atoms with van der Waals surface area (Å²) in [6.45, 7) is -0.149. The highest BCUT2D eigenvalue weighted by atomic mass is 35.5. The van der Waals surface area contributed by atoms with Crippen molar-refractivity contribution in [2.24, 2.45) is 5.73 Å². The first-order valence-corrected chi connectivity index (χ1v) is 7.41. The predicted molar refractivity (Wildman–Crippen MR) is 74.3 cm³/mol. The molecule has 20 heavy (non-hydrogen) atoms. The summed E-state index contributed by atoms with van der Waals surface area (Å²) in [6.07, 6.45) is 2.83. The first kappa shape index (κ1) is 14.7. The minimum atomic E-state index is -4.09. The molecule has 0 bridgehead atoms. The third-order valence-electron chi connectivity index (χ3n) is 2.52. The normalized spacial score (nSPS) is 11.3. The molecule has 2 rings (SSSR count). The molecule has 2 aromatic rings. The summed E-state index contributed by atoms with van der Waals surface area (Å²) >= 11 is 5.79. The highest BCUT2D eigenvalue weighted by molar-refractivity contribution is 7.92. The van der Waals surface area contributed by atoms with E-state index < -0.39 is 20.7 Å². The van der Waals surface area contributed by atoms with Crippen LogP contribution in [0.15, 0.2) is 41.6 Å². The van der Waals surface area contributed by atoms with E-state index in [1.807, 2.05) is 0 Å².